The second-order valence-corrected chi connectivity index (χ2v) is 5.50. The maximum absolute atomic E-state index is 12.4. The molecule has 0 amide bonds. The van der Waals surface area contributed by atoms with Crippen LogP contribution in [0.5, 0.6) is 0 Å². The zero-order valence-electron chi connectivity index (χ0n) is 12.0. The Morgan fingerprint density at radius 2 is 1.80 bits per heavy atom. The van der Waals surface area contributed by atoms with E-state index in [0.29, 0.717) is 12.1 Å². The fourth-order valence-corrected chi connectivity index (χ4v) is 2.56. The van der Waals surface area contributed by atoms with E-state index in [1.807, 2.05) is 19.9 Å². The van der Waals surface area contributed by atoms with Gasteiger partial charge in [0, 0.05) is 4.90 Å². The van der Waals surface area contributed by atoms with E-state index in [2.05, 4.69) is 0 Å². The predicted octanol–water partition coefficient (Wildman–Crippen LogP) is 5.57. The quantitative estimate of drug-likeness (QED) is 0.565. The molecular weight excluding hydrogens is 307 g/mol. The van der Waals surface area contributed by atoms with E-state index in [1.165, 1.54) is 6.07 Å². The first-order chi connectivity index (χ1) is 9.33. The van der Waals surface area contributed by atoms with Crippen molar-refractivity contribution in [2.24, 2.45) is 5.73 Å². The van der Waals surface area contributed by atoms with Gasteiger partial charge in [-0.3, -0.25) is 0 Å². The van der Waals surface area contributed by atoms with Crippen LogP contribution < -0.4 is 5.73 Å². The second-order valence-electron chi connectivity index (χ2n) is 4.02. The lowest BCUT2D eigenvalue weighted by Crippen LogP contribution is -2.01. The first-order valence-electron chi connectivity index (χ1n) is 6.58. The number of unbranched alkanes of at least 4 members (excludes halogenated alkanes) is 1. The number of hydrogen-bond acceptors (Lipinski definition) is 2. The Hall–Kier alpha value is -0.390. The van der Waals surface area contributed by atoms with E-state index in [0.717, 1.165) is 24.8 Å². The van der Waals surface area contributed by atoms with E-state index in [1.54, 1.807) is 6.92 Å². The monoisotopic (exact) mass is 327 g/mol. The van der Waals surface area contributed by atoms with Gasteiger partial charge in [-0.05, 0) is 61.7 Å². The van der Waals surface area contributed by atoms with Crippen LogP contribution >= 0.6 is 23.4 Å². The molecule has 0 bridgehead atoms. The minimum atomic E-state index is -4.31. The summed E-state index contributed by atoms with van der Waals surface area (Å²) in [5, 5.41) is 0.180. The summed E-state index contributed by atoms with van der Waals surface area (Å²) in [5.74, 6) is 0. The van der Waals surface area contributed by atoms with Gasteiger partial charge in [-0.1, -0.05) is 31.5 Å². The predicted molar refractivity (Wildman–Crippen MR) is 81.4 cm³/mol. The fourth-order valence-electron chi connectivity index (χ4n) is 1.63. The highest BCUT2D eigenvalue weighted by molar-refractivity contribution is 8.00. The molecule has 0 aliphatic rings. The normalized spacial score (nSPS) is 11.0. The van der Waals surface area contributed by atoms with Gasteiger partial charge in [0.05, 0.1) is 5.02 Å². The molecule has 0 aliphatic carbocycles. The summed E-state index contributed by atoms with van der Waals surface area (Å²) in [7, 11) is 0. The van der Waals surface area contributed by atoms with Gasteiger partial charge >= 0.3 is 5.51 Å². The number of benzene rings is 1. The molecule has 1 aromatic rings. The van der Waals surface area contributed by atoms with Crippen molar-refractivity contribution in [1.29, 1.82) is 0 Å². The molecule has 20 heavy (non-hydrogen) atoms. The Morgan fingerprint density at radius 1 is 1.20 bits per heavy atom. The topological polar surface area (TPSA) is 26.0 Å². The van der Waals surface area contributed by atoms with Crippen molar-refractivity contribution < 1.29 is 13.2 Å². The third-order valence-corrected chi connectivity index (χ3v) is 3.81. The smallest absolute Gasteiger partial charge is 0.330 e. The average Bonchev–Trinajstić information content (AvgIpc) is 2.36. The van der Waals surface area contributed by atoms with E-state index < -0.39 is 5.51 Å². The average molecular weight is 328 g/mol. The van der Waals surface area contributed by atoms with Crippen molar-refractivity contribution in [3.05, 3.63) is 28.3 Å². The first-order valence-corrected chi connectivity index (χ1v) is 7.78. The molecule has 0 aliphatic heterocycles. The Balaban J connectivity index is 0.00000172. The van der Waals surface area contributed by atoms with Gasteiger partial charge in [0.15, 0.2) is 0 Å². The molecule has 0 radical (unpaired) electrons. The molecule has 0 saturated carbocycles. The van der Waals surface area contributed by atoms with Gasteiger partial charge in [0.1, 0.15) is 0 Å². The Kier molecular flexibility index (Phi) is 9.34. The molecule has 0 fully saturated rings. The highest BCUT2D eigenvalue weighted by Crippen LogP contribution is 2.41. The number of nitrogens with two attached hydrogens (primary N) is 1. The van der Waals surface area contributed by atoms with Crippen LogP contribution in [0.15, 0.2) is 17.0 Å². The molecule has 0 unspecified atom stereocenters. The van der Waals surface area contributed by atoms with Crippen LogP contribution in [0.2, 0.25) is 5.02 Å². The van der Waals surface area contributed by atoms with E-state index in [9.17, 15) is 13.2 Å². The Bertz CT molecular complexity index is 408. The first kappa shape index (κ1) is 19.6. The number of halogens is 4. The van der Waals surface area contributed by atoms with Crippen molar-refractivity contribution in [2.45, 2.75) is 50.4 Å². The van der Waals surface area contributed by atoms with Crippen LogP contribution in [0.25, 0.3) is 0 Å². The Labute approximate surface area is 128 Å². The SMILES string of the molecule is CC.Cc1cc(CCCCN)cc(SC(F)(F)F)c1Cl. The highest BCUT2D eigenvalue weighted by Gasteiger charge is 2.30. The van der Waals surface area contributed by atoms with Crippen LogP contribution in [-0.2, 0) is 6.42 Å². The minimum absolute atomic E-state index is 0.0758. The molecule has 0 spiro atoms. The van der Waals surface area contributed by atoms with Gasteiger partial charge in [0.2, 0.25) is 0 Å². The lowest BCUT2D eigenvalue weighted by molar-refractivity contribution is -0.0328. The van der Waals surface area contributed by atoms with Gasteiger partial charge < -0.3 is 5.73 Å². The van der Waals surface area contributed by atoms with Crippen LogP contribution in [-0.4, -0.2) is 12.1 Å². The number of rotatable bonds is 5. The van der Waals surface area contributed by atoms with E-state index in [-0.39, 0.29) is 21.7 Å². The van der Waals surface area contributed by atoms with Crippen molar-refractivity contribution in [2.75, 3.05) is 6.54 Å². The number of alkyl halides is 3. The van der Waals surface area contributed by atoms with E-state index in [4.69, 9.17) is 17.3 Å². The molecule has 0 atom stereocenters. The zero-order chi connectivity index (χ0) is 15.8. The lowest BCUT2D eigenvalue weighted by atomic mass is 10.1. The number of hydrogen-bond donors (Lipinski definition) is 1. The summed E-state index contributed by atoms with van der Waals surface area (Å²) in [4.78, 5) is 0.0758. The van der Waals surface area contributed by atoms with Crippen LogP contribution in [0.1, 0.15) is 37.8 Å². The number of aryl methyl sites for hydroxylation is 2. The molecule has 1 aromatic carbocycles. The molecule has 0 saturated heterocycles. The Morgan fingerprint density at radius 3 is 2.30 bits per heavy atom. The van der Waals surface area contributed by atoms with Crippen molar-refractivity contribution in [1.82, 2.24) is 0 Å². The maximum Gasteiger partial charge on any atom is 0.446 e. The van der Waals surface area contributed by atoms with Crippen molar-refractivity contribution in [3.63, 3.8) is 0 Å². The number of thioether (sulfide) groups is 1. The zero-order valence-corrected chi connectivity index (χ0v) is 13.6. The summed E-state index contributed by atoms with van der Waals surface area (Å²) in [6.45, 7) is 6.31. The van der Waals surface area contributed by atoms with Crippen molar-refractivity contribution >= 4 is 23.4 Å². The summed E-state index contributed by atoms with van der Waals surface area (Å²) in [6, 6.07) is 3.35. The van der Waals surface area contributed by atoms with Crippen LogP contribution in [0.3, 0.4) is 0 Å². The third-order valence-electron chi connectivity index (χ3n) is 2.43. The third kappa shape index (κ3) is 7.41. The molecule has 1 rings (SSSR count). The van der Waals surface area contributed by atoms with Crippen LogP contribution in [0, 0.1) is 6.92 Å². The van der Waals surface area contributed by atoms with Crippen LogP contribution in [0.4, 0.5) is 13.2 Å². The molecule has 6 heteroatoms. The molecule has 2 N–H and O–H groups in total. The molecule has 0 heterocycles. The summed E-state index contributed by atoms with van der Waals surface area (Å²) >= 11 is 5.73. The fraction of sp³-hybridized carbons (Fsp3) is 0.571. The lowest BCUT2D eigenvalue weighted by Gasteiger charge is -2.12. The second kappa shape index (κ2) is 9.53. The van der Waals surface area contributed by atoms with Gasteiger partial charge in [0.25, 0.3) is 0 Å². The highest BCUT2D eigenvalue weighted by atomic mass is 35.5. The standard InChI is InChI=1S/C12H15ClF3NS.C2H6/c1-8-6-9(4-2-3-5-17)7-10(11(8)13)18-12(14,15)16;1-2/h6-7H,2-5,17H2,1H3;1-2H3. The van der Waals surface area contributed by atoms with Gasteiger partial charge in [-0.15, -0.1) is 0 Å². The largest absolute Gasteiger partial charge is 0.446 e. The summed E-state index contributed by atoms with van der Waals surface area (Å²) < 4.78 is 37.1. The minimum Gasteiger partial charge on any atom is -0.330 e. The molecule has 116 valence electrons. The molecule has 1 nitrogen and oxygen atoms in total. The summed E-state index contributed by atoms with van der Waals surface area (Å²) in [5.41, 5.74) is 2.62. The van der Waals surface area contributed by atoms with Gasteiger partial charge in [-0.2, -0.15) is 13.2 Å². The summed E-state index contributed by atoms with van der Waals surface area (Å²) in [6.07, 6.45) is 2.46. The van der Waals surface area contributed by atoms with Gasteiger partial charge in [-0.25, -0.2) is 0 Å². The van der Waals surface area contributed by atoms with E-state index >= 15 is 0 Å². The maximum atomic E-state index is 12.4. The van der Waals surface area contributed by atoms with Crippen molar-refractivity contribution in [3.8, 4) is 0 Å². The molecule has 0 aromatic heterocycles. The molecular formula is C14H21ClF3NS.